The van der Waals surface area contributed by atoms with Gasteiger partial charge in [0.1, 0.15) is 11.3 Å². The van der Waals surface area contributed by atoms with Gasteiger partial charge in [0.2, 0.25) is 11.8 Å². The number of nitrogens with zero attached hydrogens (tertiary/aromatic N) is 2. The second-order valence-electron chi connectivity index (χ2n) is 7.68. The molecule has 7 heteroatoms. The van der Waals surface area contributed by atoms with Crippen LogP contribution in [0.1, 0.15) is 39.5 Å². The maximum Gasteiger partial charge on any atom is 0.223 e. The molecule has 1 saturated heterocycles. The van der Waals surface area contributed by atoms with Crippen molar-refractivity contribution in [1.82, 2.24) is 5.32 Å². The van der Waals surface area contributed by atoms with E-state index in [9.17, 15) is 14.9 Å². The Morgan fingerprint density at radius 3 is 2.59 bits per heavy atom. The zero-order valence-corrected chi connectivity index (χ0v) is 16.2. The van der Waals surface area contributed by atoms with Crippen molar-refractivity contribution in [2.24, 2.45) is 11.1 Å². The van der Waals surface area contributed by atoms with Crippen molar-refractivity contribution in [2.75, 3.05) is 25.1 Å². The van der Waals surface area contributed by atoms with Crippen molar-refractivity contribution in [2.45, 2.75) is 45.1 Å². The number of nitrogens with one attached hydrogen (secondary N) is 1. The Morgan fingerprint density at radius 1 is 1.37 bits per heavy atom. The van der Waals surface area contributed by atoms with Gasteiger partial charge in [-0.2, -0.15) is 5.26 Å². The molecule has 0 aromatic heterocycles. The molecule has 1 aromatic rings. The van der Waals surface area contributed by atoms with Crippen LogP contribution < -0.4 is 20.7 Å². The standard InChI is InChI=1S/C20H28N4O3/c1-19(2,18(22)26)8-7-17(25)23-20(14-21)9-11-24(12-10-20)15-5-4-6-16(13-15)27-3/h4-6,13H,7-12H2,1-3H3,(H2,22,26)(H,23,25). The van der Waals surface area contributed by atoms with Gasteiger partial charge in [-0.05, 0) is 18.6 Å². The Hall–Kier alpha value is -2.75. The van der Waals surface area contributed by atoms with Crippen molar-refractivity contribution < 1.29 is 14.3 Å². The van der Waals surface area contributed by atoms with Crippen LogP contribution in [-0.4, -0.2) is 37.6 Å². The number of amides is 2. The number of nitrogens with two attached hydrogens (primary N) is 1. The lowest BCUT2D eigenvalue weighted by Crippen LogP contribution is -2.54. The van der Waals surface area contributed by atoms with Crippen molar-refractivity contribution in [3.05, 3.63) is 24.3 Å². The third-order valence-electron chi connectivity index (χ3n) is 5.27. The van der Waals surface area contributed by atoms with Crippen LogP contribution in [0.3, 0.4) is 0 Å². The van der Waals surface area contributed by atoms with Gasteiger partial charge < -0.3 is 20.7 Å². The summed E-state index contributed by atoms with van der Waals surface area (Å²) in [6.07, 6.45) is 1.59. The topological polar surface area (TPSA) is 108 Å². The van der Waals surface area contributed by atoms with Crippen LogP contribution in [0.2, 0.25) is 0 Å². The summed E-state index contributed by atoms with van der Waals surface area (Å²) < 4.78 is 5.26. The lowest BCUT2D eigenvalue weighted by molar-refractivity contribution is -0.127. The molecular weight excluding hydrogens is 344 g/mol. The zero-order valence-electron chi connectivity index (χ0n) is 16.2. The van der Waals surface area contributed by atoms with Crippen LogP contribution in [0.5, 0.6) is 5.75 Å². The number of carbonyl (C=O) groups excluding carboxylic acids is 2. The van der Waals surface area contributed by atoms with Gasteiger partial charge in [-0.1, -0.05) is 19.9 Å². The summed E-state index contributed by atoms with van der Waals surface area (Å²) in [5, 5.41) is 12.6. The normalized spacial score (nSPS) is 16.3. The SMILES string of the molecule is COc1cccc(N2CCC(C#N)(NC(=O)CCC(C)(C)C(N)=O)CC2)c1. The first-order valence-electron chi connectivity index (χ1n) is 9.12. The Morgan fingerprint density at radius 2 is 2.04 bits per heavy atom. The van der Waals surface area contributed by atoms with E-state index in [0.29, 0.717) is 32.4 Å². The number of hydrogen-bond acceptors (Lipinski definition) is 5. The average molecular weight is 372 g/mol. The van der Waals surface area contributed by atoms with Crippen molar-refractivity contribution in [3.8, 4) is 11.8 Å². The van der Waals surface area contributed by atoms with Crippen molar-refractivity contribution in [3.63, 3.8) is 0 Å². The number of carbonyl (C=O) groups is 2. The van der Waals surface area contributed by atoms with Gasteiger partial charge >= 0.3 is 0 Å². The summed E-state index contributed by atoms with van der Waals surface area (Å²) in [5.41, 5.74) is 4.77. The smallest absolute Gasteiger partial charge is 0.223 e. The molecule has 0 unspecified atom stereocenters. The third-order valence-corrected chi connectivity index (χ3v) is 5.27. The minimum absolute atomic E-state index is 0.166. The molecule has 2 rings (SSSR count). The molecule has 0 saturated carbocycles. The van der Waals surface area contributed by atoms with E-state index in [0.717, 1.165) is 11.4 Å². The van der Waals surface area contributed by atoms with E-state index in [-0.39, 0.29) is 12.3 Å². The molecule has 0 spiro atoms. The van der Waals surface area contributed by atoms with Gasteiger partial charge in [0.25, 0.3) is 0 Å². The van der Waals surface area contributed by atoms with Gasteiger partial charge in [-0.25, -0.2) is 0 Å². The van der Waals surface area contributed by atoms with Gasteiger partial charge in [-0.15, -0.1) is 0 Å². The molecule has 0 bridgehead atoms. The second kappa shape index (κ2) is 8.30. The van der Waals surface area contributed by atoms with E-state index in [1.165, 1.54) is 0 Å². The number of anilines is 1. The third kappa shape index (κ3) is 5.13. The zero-order chi connectivity index (χ0) is 20.1. The molecular formula is C20H28N4O3. The molecule has 146 valence electrons. The first-order valence-corrected chi connectivity index (χ1v) is 9.12. The number of ether oxygens (including phenoxy) is 1. The molecule has 2 amide bonds. The van der Waals surface area contributed by atoms with Gasteiger partial charge in [0.15, 0.2) is 0 Å². The number of piperidine rings is 1. The quantitative estimate of drug-likeness (QED) is 0.761. The highest BCUT2D eigenvalue weighted by Crippen LogP contribution is 2.29. The number of methoxy groups -OCH3 is 1. The summed E-state index contributed by atoms with van der Waals surface area (Å²) in [6.45, 7) is 4.76. The van der Waals surface area contributed by atoms with Crippen molar-refractivity contribution >= 4 is 17.5 Å². The highest BCUT2D eigenvalue weighted by molar-refractivity contribution is 5.82. The van der Waals surface area contributed by atoms with Gasteiger partial charge in [0.05, 0.1) is 13.2 Å². The van der Waals surface area contributed by atoms with E-state index in [4.69, 9.17) is 10.5 Å². The highest BCUT2D eigenvalue weighted by Gasteiger charge is 2.37. The lowest BCUT2D eigenvalue weighted by Gasteiger charge is -2.39. The Bertz CT molecular complexity index is 731. The molecule has 1 aliphatic rings. The number of hydrogen-bond donors (Lipinski definition) is 2. The van der Waals surface area contributed by atoms with Crippen LogP contribution in [0.4, 0.5) is 5.69 Å². The first kappa shape index (κ1) is 20.6. The molecule has 1 aliphatic heterocycles. The van der Waals surface area contributed by atoms with E-state index >= 15 is 0 Å². The summed E-state index contributed by atoms with van der Waals surface area (Å²) >= 11 is 0. The fourth-order valence-electron chi connectivity index (χ4n) is 3.10. The summed E-state index contributed by atoms with van der Waals surface area (Å²) in [4.78, 5) is 25.9. The maximum absolute atomic E-state index is 12.3. The second-order valence-corrected chi connectivity index (χ2v) is 7.68. The molecule has 1 fully saturated rings. The Kier molecular flexibility index (Phi) is 6.32. The van der Waals surface area contributed by atoms with Crippen LogP contribution in [-0.2, 0) is 9.59 Å². The van der Waals surface area contributed by atoms with E-state index in [1.807, 2.05) is 24.3 Å². The number of benzene rings is 1. The first-order chi connectivity index (χ1) is 12.7. The van der Waals surface area contributed by atoms with Crippen LogP contribution in [0.25, 0.3) is 0 Å². The number of rotatable bonds is 7. The van der Waals surface area contributed by atoms with Gasteiger partial charge in [-0.3, -0.25) is 9.59 Å². The molecule has 27 heavy (non-hydrogen) atoms. The maximum atomic E-state index is 12.3. The predicted molar refractivity (Wildman–Crippen MR) is 103 cm³/mol. The minimum atomic E-state index is -0.872. The molecule has 0 aliphatic carbocycles. The van der Waals surface area contributed by atoms with Gasteiger partial charge in [0, 0.05) is 49.5 Å². The minimum Gasteiger partial charge on any atom is -0.497 e. The summed E-state index contributed by atoms with van der Waals surface area (Å²) in [6, 6.07) is 10.1. The fourth-order valence-corrected chi connectivity index (χ4v) is 3.10. The molecule has 7 nitrogen and oxygen atoms in total. The largest absolute Gasteiger partial charge is 0.497 e. The Balaban J connectivity index is 1.94. The molecule has 0 radical (unpaired) electrons. The average Bonchev–Trinajstić information content (AvgIpc) is 2.67. The molecule has 1 heterocycles. The monoisotopic (exact) mass is 372 g/mol. The van der Waals surface area contributed by atoms with Crippen molar-refractivity contribution in [1.29, 1.82) is 5.26 Å². The predicted octanol–water partition coefficient (Wildman–Crippen LogP) is 1.97. The molecule has 0 atom stereocenters. The Labute approximate surface area is 160 Å². The number of primary amides is 1. The van der Waals surface area contributed by atoms with E-state index in [2.05, 4.69) is 16.3 Å². The van der Waals surface area contributed by atoms with Crippen LogP contribution in [0, 0.1) is 16.7 Å². The number of nitriles is 1. The lowest BCUT2D eigenvalue weighted by atomic mass is 9.85. The van der Waals surface area contributed by atoms with Crippen LogP contribution in [0.15, 0.2) is 24.3 Å². The summed E-state index contributed by atoms with van der Waals surface area (Å²) in [5.74, 6) is 0.132. The van der Waals surface area contributed by atoms with E-state index in [1.54, 1.807) is 21.0 Å². The fraction of sp³-hybridized carbons (Fsp3) is 0.550. The summed E-state index contributed by atoms with van der Waals surface area (Å²) in [7, 11) is 1.63. The molecule has 3 N–H and O–H groups in total. The van der Waals surface area contributed by atoms with E-state index < -0.39 is 16.9 Å². The highest BCUT2D eigenvalue weighted by atomic mass is 16.5. The van der Waals surface area contributed by atoms with Crippen LogP contribution >= 0.6 is 0 Å². The molecule has 1 aromatic carbocycles.